The largest absolute Gasteiger partial charge is 0.341 e. The van der Waals surface area contributed by atoms with Crippen LogP contribution >= 0.6 is 12.6 Å². The van der Waals surface area contributed by atoms with Crippen molar-refractivity contribution in [3.8, 4) is 5.69 Å². The lowest BCUT2D eigenvalue weighted by atomic mass is 10.2. The number of aromatic nitrogens is 2. The topological polar surface area (TPSA) is 59.0 Å². The number of hydrogen-bond donors (Lipinski definition) is 3. The van der Waals surface area contributed by atoms with Gasteiger partial charge in [-0.05, 0) is 12.1 Å². The minimum Gasteiger partial charge on any atom is -0.341 e. The van der Waals surface area contributed by atoms with E-state index in [2.05, 4.69) is 28.4 Å². The van der Waals surface area contributed by atoms with Gasteiger partial charge in [-0.25, -0.2) is 4.68 Å². The highest BCUT2D eigenvalue weighted by atomic mass is 32.1. The Morgan fingerprint density at radius 3 is 2.76 bits per heavy atom. The number of amides is 1. The molecule has 86 valence electrons. The molecule has 0 saturated carbocycles. The van der Waals surface area contributed by atoms with Crippen molar-refractivity contribution in [3.05, 3.63) is 42.1 Å². The van der Waals surface area contributed by atoms with E-state index in [0.717, 1.165) is 5.69 Å². The van der Waals surface area contributed by atoms with Crippen molar-refractivity contribution in [3.63, 3.8) is 0 Å². The van der Waals surface area contributed by atoms with E-state index < -0.39 is 5.50 Å². The summed E-state index contributed by atoms with van der Waals surface area (Å²) in [6.45, 7) is 0. The van der Waals surface area contributed by atoms with Gasteiger partial charge in [-0.15, -0.1) is 12.6 Å². The van der Waals surface area contributed by atoms with Crippen LogP contribution in [0.25, 0.3) is 5.69 Å². The Labute approximate surface area is 103 Å². The summed E-state index contributed by atoms with van der Waals surface area (Å²) >= 11 is 4.20. The lowest BCUT2D eigenvalue weighted by Gasteiger charge is -2.22. The summed E-state index contributed by atoms with van der Waals surface area (Å²) in [6, 6.07) is 9.62. The summed E-state index contributed by atoms with van der Waals surface area (Å²) in [5.41, 5.74) is 1.03. The van der Waals surface area contributed by atoms with Gasteiger partial charge in [0.15, 0.2) is 0 Å². The average molecular weight is 246 g/mol. The molecule has 1 aliphatic rings. The number of nitrogens with one attached hydrogen (secondary N) is 2. The van der Waals surface area contributed by atoms with Crippen molar-refractivity contribution in [2.45, 2.75) is 5.50 Å². The number of para-hydroxylation sites is 1. The Bertz CT molecular complexity index is 566. The van der Waals surface area contributed by atoms with Crippen LogP contribution < -0.4 is 10.6 Å². The first kappa shape index (κ1) is 10.2. The molecule has 0 spiro atoms. The monoisotopic (exact) mass is 246 g/mol. The molecule has 1 aromatic carbocycles. The van der Waals surface area contributed by atoms with Crippen LogP contribution in [0.2, 0.25) is 0 Å². The predicted octanol–water partition coefficient (Wildman–Crippen LogP) is 1.24. The number of carbonyl (C=O) groups is 1. The SMILES string of the molecule is O=C1NC(S)Nc2c1cnn2-c1ccccc1. The van der Waals surface area contributed by atoms with E-state index in [4.69, 9.17) is 0 Å². The smallest absolute Gasteiger partial charge is 0.258 e. The molecule has 1 amide bonds. The van der Waals surface area contributed by atoms with E-state index in [0.29, 0.717) is 11.4 Å². The van der Waals surface area contributed by atoms with Crippen LogP contribution in [0.5, 0.6) is 0 Å². The first-order valence-electron chi connectivity index (χ1n) is 5.14. The van der Waals surface area contributed by atoms with Crippen LogP contribution in [-0.2, 0) is 0 Å². The molecule has 3 rings (SSSR count). The van der Waals surface area contributed by atoms with E-state index in [-0.39, 0.29) is 5.91 Å². The Balaban J connectivity index is 2.12. The number of anilines is 1. The lowest BCUT2D eigenvalue weighted by Crippen LogP contribution is -2.41. The predicted molar refractivity (Wildman–Crippen MR) is 67.4 cm³/mol. The van der Waals surface area contributed by atoms with Crippen LogP contribution in [0.15, 0.2) is 36.5 Å². The van der Waals surface area contributed by atoms with E-state index in [1.165, 1.54) is 0 Å². The third-order valence-corrected chi connectivity index (χ3v) is 2.81. The molecule has 2 aromatic rings. The van der Waals surface area contributed by atoms with Crippen LogP contribution in [0.4, 0.5) is 5.82 Å². The van der Waals surface area contributed by atoms with Gasteiger partial charge < -0.3 is 10.6 Å². The highest BCUT2D eigenvalue weighted by Crippen LogP contribution is 2.23. The highest BCUT2D eigenvalue weighted by Gasteiger charge is 2.25. The Kier molecular flexibility index (Phi) is 2.29. The fraction of sp³-hybridized carbons (Fsp3) is 0.0909. The molecule has 17 heavy (non-hydrogen) atoms. The van der Waals surface area contributed by atoms with Crippen LogP contribution in [-0.4, -0.2) is 21.2 Å². The molecule has 0 aliphatic carbocycles. The maximum Gasteiger partial charge on any atom is 0.258 e. The number of carbonyl (C=O) groups excluding carboxylic acids is 1. The maximum atomic E-state index is 11.7. The second-order valence-corrected chi connectivity index (χ2v) is 4.19. The summed E-state index contributed by atoms with van der Waals surface area (Å²) in [4.78, 5) is 11.7. The van der Waals surface area contributed by atoms with Gasteiger partial charge in [0.05, 0.1) is 11.9 Å². The van der Waals surface area contributed by atoms with Gasteiger partial charge in [0.2, 0.25) is 0 Å². The Morgan fingerprint density at radius 1 is 1.24 bits per heavy atom. The summed E-state index contributed by atoms with van der Waals surface area (Å²) in [6.07, 6.45) is 1.55. The van der Waals surface area contributed by atoms with Gasteiger partial charge in [-0.1, -0.05) is 18.2 Å². The molecule has 0 fully saturated rings. The van der Waals surface area contributed by atoms with Gasteiger partial charge in [0, 0.05) is 0 Å². The van der Waals surface area contributed by atoms with Gasteiger partial charge in [-0.3, -0.25) is 4.79 Å². The summed E-state index contributed by atoms with van der Waals surface area (Å²) in [5.74, 6) is 0.501. The van der Waals surface area contributed by atoms with E-state index in [1.807, 2.05) is 30.3 Å². The number of fused-ring (bicyclic) bond motifs is 1. The molecule has 0 saturated heterocycles. The van der Waals surface area contributed by atoms with Gasteiger partial charge in [-0.2, -0.15) is 5.10 Å². The first-order chi connectivity index (χ1) is 8.25. The molecule has 6 heteroatoms. The third-order valence-electron chi connectivity index (χ3n) is 2.56. The highest BCUT2D eigenvalue weighted by molar-refractivity contribution is 7.81. The lowest BCUT2D eigenvalue weighted by molar-refractivity contribution is 0.0948. The van der Waals surface area contributed by atoms with Crippen molar-refractivity contribution in [2.75, 3.05) is 5.32 Å². The van der Waals surface area contributed by atoms with Crippen molar-refractivity contribution in [1.29, 1.82) is 0 Å². The first-order valence-corrected chi connectivity index (χ1v) is 5.66. The van der Waals surface area contributed by atoms with Gasteiger partial charge in [0.1, 0.15) is 16.9 Å². The zero-order valence-corrected chi connectivity index (χ0v) is 9.69. The molecule has 1 aliphatic heterocycles. The van der Waals surface area contributed by atoms with Crippen LogP contribution in [0.1, 0.15) is 10.4 Å². The average Bonchev–Trinajstić information content (AvgIpc) is 2.74. The summed E-state index contributed by atoms with van der Waals surface area (Å²) < 4.78 is 1.69. The third kappa shape index (κ3) is 1.66. The van der Waals surface area contributed by atoms with Gasteiger partial charge >= 0.3 is 0 Å². The fourth-order valence-corrected chi connectivity index (χ4v) is 2.03. The number of thiol groups is 1. The van der Waals surface area contributed by atoms with Crippen molar-refractivity contribution < 1.29 is 4.79 Å². The van der Waals surface area contributed by atoms with E-state index >= 15 is 0 Å². The summed E-state index contributed by atoms with van der Waals surface area (Å²) in [5, 5.41) is 9.94. The fourth-order valence-electron chi connectivity index (χ4n) is 1.79. The molecule has 2 heterocycles. The number of nitrogens with zero attached hydrogens (tertiary/aromatic N) is 2. The maximum absolute atomic E-state index is 11.7. The van der Waals surface area contributed by atoms with Crippen molar-refractivity contribution in [1.82, 2.24) is 15.1 Å². The normalized spacial score (nSPS) is 18.2. The standard InChI is InChI=1S/C11H10N4OS/c16-10-8-6-12-15(7-4-2-1-3-5-7)9(8)13-11(17)14-10/h1-6,11,13,17H,(H,14,16). The van der Waals surface area contributed by atoms with Crippen molar-refractivity contribution >= 4 is 24.4 Å². The van der Waals surface area contributed by atoms with Crippen LogP contribution in [0.3, 0.4) is 0 Å². The Hall–Kier alpha value is -1.95. The molecule has 0 bridgehead atoms. The van der Waals surface area contributed by atoms with Crippen molar-refractivity contribution in [2.24, 2.45) is 0 Å². The van der Waals surface area contributed by atoms with E-state index in [9.17, 15) is 4.79 Å². The number of rotatable bonds is 1. The Morgan fingerprint density at radius 2 is 2.00 bits per heavy atom. The molecule has 0 radical (unpaired) electrons. The summed E-state index contributed by atoms with van der Waals surface area (Å²) in [7, 11) is 0. The molecule has 5 nitrogen and oxygen atoms in total. The second-order valence-electron chi connectivity index (χ2n) is 3.67. The zero-order chi connectivity index (χ0) is 11.8. The minimum absolute atomic E-state index is 0.166. The second kappa shape index (κ2) is 3.81. The molecule has 1 unspecified atom stereocenters. The molecular weight excluding hydrogens is 236 g/mol. The molecular formula is C11H10N4OS. The number of hydrogen-bond acceptors (Lipinski definition) is 4. The molecule has 1 atom stereocenters. The molecule has 1 aromatic heterocycles. The van der Waals surface area contributed by atoms with Crippen LogP contribution in [0, 0.1) is 0 Å². The van der Waals surface area contributed by atoms with Gasteiger partial charge in [0.25, 0.3) is 5.91 Å². The zero-order valence-electron chi connectivity index (χ0n) is 8.79. The van der Waals surface area contributed by atoms with E-state index in [1.54, 1.807) is 10.9 Å². The number of benzene rings is 1. The minimum atomic E-state index is -0.394. The quantitative estimate of drug-likeness (QED) is 0.664. The molecule has 2 N–H and O–H groups in total.